The monoisotopic (exact) mass is 384 g/mol. The third-order valence-corrected chi connectivity index (χ3v) is 5.39. The van der Waals surface area contributed by atoms with Crippen LogP contribution in [0.4, 0.5) is 0 Å². The number of hydrogen-bond acceptors (Lipinski definition) is 5. The molecule has 29 heavy (non-hydrogen) atoms. The van der Waals surface area contributed by atoms with E-state index < -0.39 is 0 Å². The van der Waals surface area contributed by atoms with Gasteiger partial charge in [-0.2, -0.15) is 0 Å². The lowest BCUT2D eigenvalue weighted by molar-refractivity contribution is 0.393. The Kier molecular flexibility index (Phi) is 4.05. The summed E-state index contributed by atoms with van der Waals surface area (Å²) in [5.41, 5.74) is 6.86. The number of benzene rings is 1. The summed E-state index contributed by atoms with van der Waals surface area (Å²) in [5, 5.41) is 4.09. The van der Waals surface area contributed by atoms with Crippen LogP contribution in [0.3, 0.4) is 0 Å². The van der Waals surface area contributed by atoms with Gasteiger partial charge in [0, 0.05) is 23.5 Å². The Morgan fingerprint density at radius 2 is 1.90 bits per heavy atom. The summed E-state index contributed by atoms with van der Waals surface area (Å²) in [6.45, 7) is 6.05. The van der Waals surface area contributed by atoms with E-state index in [-0.39, 0.29) is 6.04 Å². The average Bonchev–Trinajstić information content (AvgIpc) is 3.47. The number of fused-ring (bicyclic) bond motifs is 1. The van der Waals surface area contributed by atoms with Crippen molar-refractivity contribution in [2.75, 3.05) is 0 Å². The first kappa shape index (κ1) is 17.4. The van der Waals surface area contributed by atoms with E-state index in [1.54, 1.807) is 6.20 Å². The molecule has 1 unspecified atom stereocenters. The Morgan fingerprint density at radius 1 is 1.07 bits per heavy atom. The molecule has 0 saturated carbocycles. The maximum atomic E-state index is 5.58. The maximum Gasteiger partial charge on any atom is 0.181 e. The molecule has 0 aliphatic rings. The Bertz CT molecular complexity index is 1260. The Labute approximate surface area is 167 Å². The number of nitrogens with zero attached hydrogens (tertiary/aromatic N) is 4. The summed E-state index contributed by atoms with van der Waals surface area (Å²) in [4.78, 5) is 8.87. The fourth-order valence-electron chi connectivity index (χ4n) is 3.90. The first-order chi connectivity index (χ1) is 14.1. The van der Waals surface area contributed by atoms with Gasteiger partial charge in [0.1, 0.15) is 5.76 Å². The van der Waals surface area contributed by atoms with E-state index in [9.17, 15) is 0 Å². The molecule has 0 aliphatic carbocycles. The van der Waals surface area contributed by atoms with E-state index in [0.29, 0.717) is 5.76 Å². The standard InChI is InChI=1S/C23H20N4O2/c1-14-22(16(3)29-26-14)18-9-20-23(25-10-18)19(21-11-24-13-28-21)12-27(20)15(2)17-7-5-4-6-8-17/h4-13,15H,1-3H3. The van der Waals surface area contributed by atoms with Crippen molar-refractivity contribution in [1.29, 1.82) is 0 Å². The largest absolute Gasteiger partial charge is 0.443 e. The second-order valence-corrected chi connectivity index (χ2v) is 7.19. The molecular weight excluding hydrogens is 364 g/mol. The normalized spacial score (nSPS) is 12.5. The minimum absolute atomic E-state index is 0.122. The van der Waals surface area contributed by atoms with Gasteiger partial charge in [0.15, 0.2) is 12.2 Å². The van der Waals surface area contributed by atoms with Crippen molar-refractivity contribution in [3.05, 3.63) is 78.4 Å². The zero-order valence-corrected chi connectivity index (χ0v) is 16.5. The van der Waals surface area contributed by atoms with Gasteiger partial charge in [-0.25, -0.2) is 4.98 Å². The van der Waals surface area contributed by atoms with E-state index in [0.717, 1.165) is 39.2 Å². The second-order valence-electron chi connectivity index (χ2n) is 7.19. The highest BCUT2D eigenvalue weighted by atomic mass is 16.5. The fraction of sp³-hybridized carbons (Fsp3) is 0.174. The zero-order valence-electron chi connectivity index (χ0n) is 16.5. The van der Waals surface area contributed by atoms with Gasteiger partial charge in [0.25, 0.3) is 0 Å². The second kappa shape index (κ2) is 6.74. The van der Waals surface area contributed by atoms with Gasteiger partial charge in [0.05, 0.1) is 34.5 Å². The number of aromatic nitrogens is 4. The van der Waals surface area contributed by atoms with Gasteiger partial charge in [-0.3, -0.25) is 4.98 Å². The highest BCUT2D eigenvalue weighted by Crippen LogP contribution is 2.36. The molecule has 0 bridgehead atoms. The SMILES string of the molecule is Cc1noc(C)c1-c1cnc2c(-c3cnco3)cn(C(C)c3ccccc3)c2c1. The molecular formula is C23H20N4O2. The van der Waals surface area contributed by atoms with Gasteiger partial charge in [-0.1, -0.05) is 35.5 Å². The first-order valence-corrected chi connectivity index (χ1v) is 9.51. The molecule has 0 saturated heterocycles. The van der Waals surface area contributed by atoms with Crippen LogP contribution in [0.5, 0.6) is 0 Å². The fourth-order valence-corrected chi connectivity index (χ4v) is 3.90. The number of hydrogen-bond donors (Lipinski definition) is 0. The van der Waals surface area contributed by atoms with Gasteiger partial charge < -0.3 is 13.5 Å². The molecule has 6 nitrogen and oxygen atoms in total. The van der Waals surface area contributed by atoms with Crippen molar-refractivity contribution in [3.8, 4) is 22.5 Å². The summed E-state index contributed by atoms with van der Waals surface area (Å²) in [7, 11) is 0. The zero-order chi connectivity index (χ0) is 20.0. The predicted molar refractivity (Wildman–Crippen MR) is 110 cm³/mol. The summed E-state index contributed by atoms with van der Waals surface area (Å²) in [5.74, 6) is 1.49. The van der Waals surface area contributed by atoms with Gasteiger partial charge >= 0.3 is 0 Å². The molecule has 1 aromatic carbocycles. The number of oxazole rings is 1. The van der Waals surface area contributed by atoms with Crippen LogP contribution in [-0.4, -0.2) is 19.7 Å². The predicted octanol–water partition coefficient (Wildman–Crippen LogP) is 5.57. The van der Waals surface area contributed by atoms with Crippen molar-refractivity contribution < 1.29 is 8.94 Å². The summed E-state index contributed by atoms with van der Waals surface area (Å²) < 4.78 is 13.2. The van der Waals surface area contributed by atoms with Crippen LogP contribution in [0.25, 0.3) is 33.5 Å². The maximum absolute atomic E-state index is 5.58. The number of aryl methyl sites for hydroxylation is 2. The highest BCUT2D eigenvalue weighted by molar-refractivity contribution is 5.93. The van der Waals surface area contributed by atoms with Crippen LogP contribution in [0.15, 0.2) is 70.3 Å². The lowest BCUT2D eigenvalue weighted by atomic mass is 10.1. The van der Waals surface area contributed by atoms with Crippen molar-refractivity contribution in [2.24, 2.45) is 0 Å². The van der Waals surface area contributed by atoms with Crippen molar-refractivity contribution in [3.63, 3.8) is 0 Å². The lowest BCUT2D eigenvalue weighted by Crippen LogP contribution is -2.05. The van der Waals surface area contributed by atoms with Crippen molar-refractivity contribution >= 4 is 11.0 Å². The van der Waals surface area contributed by atoms with Crippen molar-refractivity contribution in [2.45, 2.75) is 26.8 Å². The highest BCUT2D eigenvalue weighted by Gasteiger charge is 2.20. The van der Waals surface area contributed by atoms with Crippen LogP contribution in [0.2, 0.25) is 0 Å². The molecule has 4 heterocycles. The smallest absolute Gasteiger partial charge is 0.181 e. The van der Waals surface area contributed by atoms with Crippen LogP contribution in [0.1, 0.15) is 30.0 Å². The quantitative estimate of drug-likeness (QED) is 0.405. The minimum atomic E-state index is 0.122. The first-order valence-electron chi connectivity index (χ1n) is 9.51. The van der Waals surface area contributed by atoms with Gasteiger partial charge in [-0.15, -0.1) is 0 Å². The Balaban J connectivity index is 1.75. The molecule has 0 radical (unpaired) electrons. The van der Waals surface area contributed by atoms with E-state index in [2.05, 4.69) is 58.2 Å². The van der Waals surface area contributed by atoms with Crippen LogP contribution in [0, 0.1) is 13.8 Å². The molecule has 0 fully saturated rings. The third-order valence-electron chi connectivity index (χ3n) is 5.39. The molecule has 0 aliphatic heterocycles. The van der Waals surface area contributed by atoms with Crippen LogP contribution >= 0.6 is 0 Å². The third kappa shape index (κ3) is 2.84. The molecule has 144 valence electrons. The molecule has 4 aromatic heterocycles. The molecule has 0 amide bonds. The molecule has 5 aromatic rings. The van der Waals surface area contributed by atoms with E-state index in [4.69, 9.17) is 13.9 Å². The lowest BCUT2D eigenvalue weighted by Gasteiger charge is -2.16. The van der Waals surface area contributed by atoms with Gasteiger partial charge in [0.2, 0.25) is 0 Å². The topological polar surface area (TPSA) is 69.9 Å². The Morgan fingerprint density at radius 3 is 2.59 bits per heavy atom. The number of pyridine rings is 1. The molecule has 6 heteroatoms. The van der Waals surface area contributed by atoms with E-state index >= 15 is 0 Å². The minimum Gasteiger partial charge on any atom is -0.443 e. The molecule has 1 atom stereocenters. The van der Waals surface area contributed by atoms with E-state index in [1.165, 1.54) is 12.0 Å². The number of rotatable bonds is 4. The molecule has 0 spiro atoms. The van der Waals surface area contributed by atoms with Gasteiger partial charge in [-0.05, 0) is 32.4 Å². The van der Waals surface area contributed by atoms with Crippen molar-refractivity contribution in [1.82, 2.24) is 19.7 Å². The average molecular weight is 384 g/mol. The van der Waals surface area contributed by atoms with E-state index in [1.807, 2.05) is 26.1 Å². The Hall–Kier alpha value is -3.67. The van der Waals surface area contributed by atoms with Crippen LogP contribution < -0.4 is 0 Å². The summed E-state index contributed by atoms with van der Waals surface area (Å²) in [6, 6.07) is 12.7. The summed E-state index contributed by atoms with van der Waals surface area (Å²) in [6.07, 6.45) is 7.12. The molecule has 5 rings (SSSR count). The summed E-state index contributed by atoms with van der Waals surface area (Å²) >= 11 is 0. The van der Waals surface area contributed by atoms with Crippen LogP contribution in [-0.2, 0) is 0 Å². The molecule has 0 N–H and O–H groups in total.